The van der Waals surface area contributed by atoms with Crippen molar-refractivity contribution < 1.29 is 13.5 Å². The number of hydrogen-bond donors (Lipinski definition) is 2. The van der Waals surface area contributed by atoms with Gasteiger partial charge in [0.05, 0.1) is 19.8 Å². The van der Waals surface area contributed by atoms with Crippen molar-refractivity contribution in [3.63, 3.8) is 0 Å². The number of alkyl halides is 2. The van der Waals surface area contributed by atoms with Crippen LogP contribution in [0.5, 0.6) is 0 Å². The van der Waals surface area contributed by atoms with Gasteiger partial charge >= 0.3 is 6.55 Å². The van der Waals surface area contributed by atoms with Crippen molar-refractivity contribution in [2.24, 2.45) is 4.99 Å². The number of nitrogens with one attached hydrogen (secondary N) is 2. The standard InChI is InChI=1S/C18H30F2N6O/c1-21-17(23-13-15-22-7-8-26(15)16(19)20)24-14-18(5-3-2-4-6-18)25-9-11-27-12-10-25/h7-8,16H,2-6,9-14H2,1H3,(H2,21,23,24). The maximum atomic E-state index is 12.9. The Hall–Kier alpha value is -1.74. The third-order valence-electron chi connectivity index (χ3n) is 5.65. The third-order valence-corrected chi connectivity index (χ3v) is 5.65. The summed E-state index contributed by atoms with van der Waals surface area (Å²) in [6.07, 6.45) is 8.74. The van der Waals surface area contributed by atoms with E-state index in [1.165, 1.54) is 31.7 Å². The Labute approximate surface area is 159 Å². The van der Waals surface area contributed by atoms with Gasteiger partial charge in [0, 0.05) is 44.6 Å². The summed E-state index contributed by atoms with van der Waals surface area (Å²) in [7, 11) is 1.69. The van der Waals surface area contributed by atoms with Crippen LogP contribution in [0, 0.1) is 0 Å². The highest BCUT2D eigenvalue weighted by atomic mass is 19.3. The van der Waals surface area contributed by atoms with Crippen molar-refractivity contribution in [2.45, 2.75) is 50.7 Å². The molecule has 1 aromatic rings. The number of hydrogen-bond acceptors (Lipinski definition) is 4. The fourth-order valence-corrected chi connectivity index (χ4v) is 4.14. The largest absolute Gasteiger partial charge is 0.379 e. The lowest BCUT2D eigenvalue weighted by molar-refractivity contribution is -0.0352. The minimum Gasteiger partial charge on any atom is -0.379 e. The number of imidazole rings is 1. The molecule has 2 fully saturated rings. The molecule has 0 aromatic carbocycles. The Morgan fingerprint density at radius 1 is 1.26 bits per heavy atom. The number of halogens is 2. The van der Waals surface area contributed by atoms with E-state index in [1.54, 1.807) is 7.05 Å². The third kappa shape index (κ3) is 4.95. The van der Waals surface area contributed by atoms with Crippen molar-refractivity contribution in [3.8, 4) is 0 Å². The van der Waals surface area contributed by atoms with E-state index in [4.69, 9.17) is 4.74 Å². The first-order valence-corrected chi connectivity index (χ1v) is 9.72. The van der Waals surface area contributed by atoms with Gasteiger partial charge in [-0.25, -0.2) is 4.98 Å². The second-order valence-corrected chi connectivity index (χ2v) is 7.19. The van der Waals surface area contributed by atoms with Gasteiger partial charge in [-0.3, -0.25) is 14.5 Å². The molecule has 2 N–H and O–H groups in total. The number of guanidine groups is 1. The zero-order valence-electron chi connectivity index (χ0n) is 16.0. The molecule has 1 saturated heterocycles. The average Bonchev–Trinajstić information content (AvgIpc) is 3.18. The number of ether oxygens (including phenoxy) is 1. The van der Waals surface area contributed by atoms with Crippen LogP contribution in [0.4, 0.5) is 8.78 Å². The predicted molar refractivity (Wildman–Crippen MR) is 99.9 cm³/mol. The quantitative estimate of drug-likeness (QED) is 0.580. The number of rotatable bonds is 6. The van der Waals surface area contributed by atoms with Crippen LogP contribution in [0.2, 0.25) is 0 Å². The molecule has 2 aliphatic rings. The molecule has 152 valence electrons. The maximum Gasteiger partial charge on any atom is 0.319 e. The van der Waals surface area contributed by atoms with Gasteiger partial charge in [0.2, 0.25) is 0 Å². The van der Waals surface area contributed by atoms with Gasteiger partial charge in [-0.15, -0.1) is 0 Å². The maximum absolute atomic E-state index is 12.9. The average molecular weight is 384 g/mol. The molecule has 7 nitrogen and oxygen atoms in total. The lowest BCUT2D eigenvalue weighted by atomic mass is 9.80. The fourth-order valence-electron chi connectivity index (χ4n) is 4.14. The van der Waals surface area contributed by atoms with Crippen LogP contribution in [0.25, 0.3) is 0 Å². The molecule has 0 amide bonds. The normalized spacial score (nSPS) is 21.4. The Kier molecular flexibility index (Phi) is 7.01. The van der Waals surface area contributed by atoms with Crippen LogP contribution in [0.15, 0.2) is 17.4 Å². The van der Waals surface area contributed by atoms with E-state index >= 15 is 0 Å². The Morgan fingerprint density at radius 3 is 2.67 bits per heavy atom. The molecule has 1 aromatic heterocycles. The number of aliphatic imine (C=N–C) groups is 1. The van der Waals surface area contributed by atoms with E-state index in [9.17, 15) is 8.78 Å². The molecule has 0 unspecified atom stereocenters. The Bertz CT molecular complexity index is 609. The zero-order chi connectivity index (χ0) is 19.1. The summed E-state index contributed by atoms with van der Waals surface area (Å²) in [6, 6.07) is 0. The summed E-state index contributed by atoms with van der Waals surface area (Å²) in [5.74, 6) is 0.894. The minimum absolute atomic E-state index is 0.112. The summed E-state index contributed by atoms with van der Waals surface area (Å²) in [5.41, 5.74) is 0.112. The van der Waals surface area contributed by atoms with Gasteiger partial charge in [0.1, 0.15) is 5.82 Å². The van der Waals surface area contributed by atoms with Gasteiger partial charge in [-0.2, -0.15) is 8.78 Å². The molecule has 9 heteroatoms. The van der Waals surface area contributed by atoms with Crippen molar-refractivity contribution >= 4 is 5.96 Å². The van der Waals surface area contributed by atoms with Crippen molar-refractivity contribution in [2.75, 3.05) is 39.9 Å². The van der Waals surface area contributed by atoms with Crippen LogP contribution in [-0.2, 0) is 11.3 Å². The lowest BCUT2D eigenvalue weighted by Gasteiger charge is -2.48. The molecule has 1 aliphatic heterocycles. The monoisotopic (exact) mass is 384 g/mol. The SMILES string of the molecule is CN=C(NCc1nccn1C(F)F)NCC1(N2CCOCC2)CCCCC1. The molecule has 0 bridgehead atoms. The van der Waals surface area contributed by atoms with Crippen LogP contribution in [0.1, 0.15) is 44.5 Å². The first-order chi connectivity index (χ1) is 13.1. The highest BCUT2D eigenvalue weighted by molar-refractivity contribution is 5.79. The highest BCUT2D eigenvalue weighted by Crippen LogP contribution is 2.33. The molecule has 0 atom stereocenters. The van der Waals surface area contributed by atoms with Crippen LogP contribution in [0.3, 0.4) is 0 Å². The molecule has 0 radical (unpaired) electrons. The number of aromatic nitrogens is 2. The van der Waals surface area contributed by atoms with Gasteiger partial charge in [-0.1, -0.05) is 19.3 Å². The van der Waals surface area contributed by atoms with Gasteiger partial charge in [0.25, 0.3) is 0 Å². The Balaban J connectivity index is 1.58. The van der Waals surface area contributed by atoms with Gasteiger partial charge in [-0.05, 0) is 12.8 Å². The number of nitrogens with zero attached hydrogens (tertiary/aromatic N) is 4. The van der Waals surface area contributed by atoms with Crippen molar-refractivity contribution in [1.82, 2.24) is 25.1 Å². The molecule has 27 heavy (non-hydrogen) atoms. The topological polar surface area (TPSA) is 66.7 Å². The minimum atomic E-state index is -2.59. The molecule has 0 spiro atoms. The molecular weight excluding hydrogens is 354 g/mol. The molecule has 1 saturated carbocycles. The second-order valence-electron chi connectivity index (χ2n) is 7.19. The van der Waals surface area contributed by atoms with Crippen molar-refractivity contribution in [1.29, 1.82) is 0 Å². The predicted octanol–water partition coefficient (Wildman–Crippen LogP) is 1.98. The Morgan fingerprint density at radius 2 is 2.00 bits per heavy atom. The van der Waals surface area contributed by atoms with Gasteiger partial charge in [0.15, 0.2) is 5.96 Å². The molecule has 1 aliphatic carbocycles. The first-order valence-electron chi connectivity index (χ1n) is 9.72. The summed E-state index contributed by atoms with van der Waals surface area (Å²) < 4.78 is 32.3. The van der Waals surface area contributed by atoms with Crippen LogP contribution >= 0.6 is 0 Å². The second kappa shape index (κ2) is 9.45. The van der Waals surface area contributed by atoms with Crippen molar-refractivity contribution in [3.05, 3.63) is 18.2 Å². The van der Waals surface area contributed by atoms with Crippen LogP contribution in [-0.4, -0.2) is 65.8 Å². The van der Waals surface area contributed by atoms with E-state index in [1.807, 2.05) is 0 Å². The van der Waals surface area contributed by atoms with E-state index < -0.39 is 6.55 Å². The highest BCUT2D eigenvalue weighted by Gasteiger charge is 2.38. The summed E-state index contributed by atoms with van der Waals surface area (Å²) in [6.45, 7) is 1.87. The lowest BCUT2D eigenvalue weighted by Crippen LogP contribution is -2.60. The summed E-state index contributed by atoms with van der Waals surface area (Å²) in [5, 5.41) is 6.53. The molecular formula is C18H30F2N6O. The fraction of sp³-hybridized carbons (Fsp3) is 0.778. The number of morpholine rings is 1. The van der Waals surface area contributed by atoms with E-state index in [0.29, 0.717) is 5.96 Å². The van der Waals surface area contributed by atoms with E-state index in [2.05, 4.69) is 25.5 Å². The molecule has 2 heterocycles. The summed E-state index contributed by atoms with van der Waals surface area (Å²) in [4.78, 5) is 10.8. The first kappa shape index (κ1) is 20.0. The zero-order valence-corrected chi connectivity index (χ0v) is 16.0. The van der Waals surface area contributed by atoms with E-state index in [-0.39, 0.29) is 17.9 Å². The van der Waals surface area contributed by atoms with Crippen LogP contribution < -0.4 is 10.6 Å². The van der Waals surface area contributed by atoms with Gasteiger partial charge < -0.3 is 15.4 Å². The smallest absolute Gasteiger partial charge is 0.319 e. The molecule has 3 rings (SSSR count). The summed E-state index contributed by atoms with van der Waals surface area (Å²) >= 11 is 0. The van der Waals surface area contributed by atoms with E-state index in [0.717, 1.165) is 50.3 Å².